The van der Waals surface area contributed by atoms with Gasteiger partial charge in [0.2, 0.25) is 0 Å². The maximum Gasteiger partial charge on any atom is 0.110 e. The van der Waals surface area contributed by atoms with Crippen LogP contribution in [-0.4, -0.2) is 10.1 Å². The van der Waals surface area contributed by atoms with Gasteiger partial charge in [-0.2, -0.15) is 0 Å². The molecule has 3 heteroatoms. The van der Waals surface area contributed by atoms with E-state index < -0.39 is 5.60 Å². The highest BCUT2D eigenvalue weighted by atomic mass is 79.9. The first-order valence-electron chi connectivity index (χ1n) is 6.79. The second-order valence-corrected chi connectivity index (χ2v) is 6.82. The highest BCUT2D eigenvalue weighted by Crippen LogP contribution is 2.46. The maximum atomic E-state index is 11.2. The Hall–Kier alpha value is -0.410. The Morgan fingerprint density at radius 2 is 2.11 bits per heavy atom. The molecular formula is C15H22BrNO. The van der Waals surface area contributed by atoms with Crippen molar-refractivity contribution in [1.82, 2.24) is 4.98 Å². The molecule has 0 radical (unpaired) electrons. The predicted molar refractivity (Wildman–Crippen MR) is 77.2 cm³/mol. The molecule has 0 unspecified atom stereocenters. The lowest BCUT2D eigenvalue weighted by atomic mass is 9.65. The number of hydrogen-bond acceptors (Lipinski definition) is 2. The number of rotatable bonds is 2. The lowest BCUT2D eigenvalue weighted by Crippen LogP contribution is -2.43. The lowest BCUT2D eigenvalue weighted by Gasteiger charge is -2.44. The van der Waals surface area contributed by atoms with Crippen LogP contribution >= 0.6 is 15.9 Å². The maximum absolute atomic E-state index is 11.2. The highest BCUT2D eigenvalue weighted by Gasteiger charge is 2.45. The minimum Gasteiger partial charge on any atom is -0.383 e. The molecule has 1 fully saturated rings. The Morgan fingerprint density at radius 3 is 2.72 bits per heavy atom. The molecule has 18 heavy (non-hydrogen) atoms. The van der Waals surface area contributed by atoms with Crippen LogP contribution in [0.3, 0.4) is 0 Å². The molecule has 1 N–H and O–H groups in total. The van der Waals surface area contributed by atoms with E-state index in [0.717, 1.165) is 23.1 Å². The van der Waals surface area contributed by atoms with Gasteiger partial charge < -0.3 is 5.11 Å². The van der Waals surface area contributed by atoms with Crippen LogP contribution < -0.4 is 0 Å². The van der Waals surface area contributed by atoms with Crippen LogP contribution in [0.2, 0.25) is 0 Å². The SMILES string of the molecule is CC(C)[C@@H]1CC[C@@H](C)C[C@@]1(O)c1cccc(Br)n1. The fraction of sp³-hybridized carbons (Fsp3) is 0.667. The summed E-state index contributed by atoms with van der Waals surface area (Å²) in [7, 11) is 0. The van der Waals surface area contributed by atoms with E-state index >= 15 is 0 Å². The van der Waals surface area contributed by atoms with E-state index in [1.807, 2.05) is 18.2 Å². The van der Waals surface area contributed by atoms with Crippen molar-refractivity contribution in [3.05, 3.63) is 28.5 Å². The zero-order valence-electron chi connectivity index (χ0n) is 11.4. The minimum atomic E-state index is -0.768. The van der Waals surface area contributed by atoms with Crippen LogP contribution in [-0.2, 0) is 5.60 Å². The number of nitrogens with zero attached hydrogens (tertiary/aromatic N) is 1. The predicted octanol–water partition coefficient (Wildman–Crippen LogP) is 4.12. The fourth-order valence-electron chi connectivity index (χ4n) is 3.32. The zero-order valence-corrected chi connectivity index (χ0v) is 12.9. The number of aliphatic hydroxyl groups is 1. The molecule has 1 aromatic heterocycles. The molecule has 1 aliphatic rings. The topological polar surface area (TPSA) is 33.1 Å². The summed E-state index contributed by atoms with van der Waals surface area (Å²) in [6, 6.07) is 5.82. The average Bonchev–Trinajstić information content (AvgIpc) is 2.28. The van der Waals surface area contributed by atoms with Gasteiger partial charge in [0.15, 0.2) is 0 Å². The van der Waals surface area contributed by atoms with Gasteiger partial charge in [-0.15, -0.1) is 0 Å². The second-order valence-electron chi connectivity index (χ2n) is 6.01. The first kappa shape index (κ1) is 14.0. The van der Waals surface area contributed by atoms with Gasteiger partial charge in [-0.1, -0.05) is 33.3 Å². The van der Waals surface area contributed by atoms with Gasteiger partial charge in [-0.3, -0.25) is 0 Å². The quantitative estimate of drug-likeness (QED) is 0.833. The summed E-state index contributed by atoms with van der Waals surface area (Å²) in [4.78, 5) is 4.50. The minimum absolute atomic E-state index is 0.301. The third kappa shape index (κ3) is 2.62. The van der Waals surface area contributed by atoms with Gasteiger partial charge in [0, 0.05) is 0 Å². The fourth-order valence-corrected chi connectivity index (χ4v) is 3.66. The third-order valence-electron chi connectivity index (χ3n) is 4.21. The summed E-state index contributed by atoms with van der Waals surface area (Å²) >= 11 is 3.40. The van der Waals surface area contributed by atoms with Gasteiger partial charge in [0.05, 0.1) is 5.69 Å². The van der Waals surface area contributed by atoms with E-state index in [1.165, 1.54) is 6.42 Å². The molecule has 1 heterocycles. The lowest BCUT2D eigenvalue weighted by molar-refractivity contribution is -0.0898. The van der Waals surface area contributed by atoms with Crippen LogP contribution in [0.15, 0.2) is 22.8 Å². The van der Waals surface area contributed by atoms with Gasteiger partial charge in [-0.25, -0.2) is 4.98 Å². The molecule has 3 atom stereocenters. The Balaban J connectivity index is 2.40. The van der Waals surface area contributed by atoms with Crippen LogP contribution in [0.4, 0.5) is 0 Å². The van der Waals surface area contributed by atoms with Crippen LogP contribution in [0.1, 0.15) is 45.7 Å². The molecule has 0 amide bonds. The molecule has 0 aliphatic heterocycles. The number of hydrogen-bond donors (Lipinski definition) is 1. The van der Waals surface area contributed by atoms with Crippen LogP contribution in [0.5, 0.6) is 0 Å². The van der Waals surface area contributed by atoms with Crippen molar-refractivity contribution in [2.24, 2.45) is 17.8 Å². The summed E-state index contributed by atoms with van der Waals surface area (Å²) in [5.41, 5.74) is 0.0532. The van der Waals surface area contributed by atoms with Gasteiger partial charge in [-0.05, 0) is 58.7 Å². The van der Waals surface area contributed by atoms with E-state index in [0.29, 0.717) is 17.8 Å². The summed E-state index contributed by atoms with van der Waals surface area (Å²) in [6.45, 7) is 6.62. The first-order valence-corrected chi connectivity index (χ1v) is 7.58. The molecule has 1 saturated carbocycles. The Morgan fingerprint density at radius 1 is 1.39 bits per heavy atom. The largest absolute Gasteiger partial charge is 0.383 e. The Bertz CT molecular complexity index is 421. The smallest absolute Gasteiger partial charge is 0.110 e. The molecule has 1 aromatic rings. The van der Waals surface area contributed by atoms with Gasteiger partial charge in [0.1, 0.15) is 10.2 Å². The van der Waals surface area contributed by atoms with Crippen molar-refractivity contribution in [3.63, 3.8) is 0 Å². The summed E-state index contributed by atoms with van der Waals surface area (Å²) < 4.78 is 0.800. The van der Waals surface area contributed by atoms with Crippen molar-refractivity contribution < 1.29 is 5.11 Å². The molecule has 1 aliphatic carbocycles. The molecule has 100 valence electrons. The highest BCUT2D eigenvalue weighted by molar-refractivity contribution is 9.10. The molecule has 0 spiro atoms. The van der Waals surface area contributed by atoms with Crippen molar-refractivity contribution >= 4 is 15.9 Å². The van der Waals surface area contributed by atoms with Crippen LogP contribution in [0, 0.1) is 17.8 Å². The summed E-state index contributed by atoms with van der Waals surface area (Å²) in [5, 5.41) is 11.2. The number of halogens is 1. The van der Waals surface area contributed by atoms with Crippen molar-refractivity contribution in [1.29, 1.82) is 0 Å². The molecule has 2 rings (SSSR count). The number of pyridine rings is 1. The molecule has 0 bridgehead atoms. The van der Waals surface area contributed by atoms with Crippen molar-refractivity contribution in [3.8, 4) is 0 Å². The van der Waals surface area contributed by atoms with Crippen molar-refractivity contribution in [2.75, 3.05) is 0 Å². The van der Waals surface area contributed by atoms with E-state index in [1.54, 1.807) is 0 Å². The van der Waals surface area contributed by atoms with Gasteiger partial charge in [0.25, 0.3) is 0 Å². The Labute approximate surface area is 118 Å². The molecular weight excluding hydrogens is 290 g/mol. The monoisotopic (exact) mass is 311 g/mol. The van der Waals surface area contributed by atoms with Crippen molar-refractivity contribution in [2.45, 2.75) is 45.6 Å². The van der Waals surface area contributed by atoms with E-state index in [9.17, 15) is 5.11 Å². The normalized spacial score (nSPS) is 32.8. The Kier molecular flexibility index (Phi) is 4.12. The number of aromatic nitrogens is 1. The van der Waals surface area contributed by atoms with Gasteiger partial charge >= 0.3 is 0 Å². The first-order chi connectivity index (χ1) is 8.43. The van der Waals surface area contributed by atoms with E-state index in [4.69, 9.17) is 0 Å². The third-order valence-corrected chi connectivity index (χ3v) is 4.65. The standard InChI is InChI=1S/C15H22BrNO/c1-10(2)12-8-7-11(3)9-15(12,18)13-5-4-6-14(16)17-13/h4-6,10-12,18H,7-9H2,1-3H3/t11-,12+,15+/m1/s1. The van der Waals surface area contributed by atoms with Crippen LogP contribution in [0.25, 0.3) is 0 Å². The van der Waals surface area contributed by atoms with E-state index in [-0.39, 0.29) is 0 Å². The van der Waals surface area contributed by atoms with E-state index in [2.05, 4.69) is 41.7 Å². The zero-order chi connectivity index (χ0) is 13.3. The average molecular weight is 312 g/mol. The summed E-state index contributed by atoms with van der Waals surface area (Å²) in [6.07, 6.45) is 3.11. The molecule has 2 nitrogen and oxygen atoms in total. The molecule has 0 aromatic carbocycles. The summed E-state index contributed by atoms with van der Waals surface area (Å²) in [5.74, 6) is 1.34. The second kappa shape index (κ2) is 5.30. The molecule has 0 saturated heterocycles.